The van der Waals surface area contributed by atoms with Gasteiger partial charge in [0.25, 0.3) is 0 Å². The van der Waals surface area contributed by atoms with E-state index in [-0.39, 0.29) is 0 Å². The van der Waals surface area contributed by atoms with Crippen LogP contribution in [0.4, 0.5) is 4.79 Å². The second kappa shape index (κ2) is 5.97. The number of rotatable bonds is 4. The van der Waals surface area contributed by atoms with E-state index in [1.807, 2.05) is 6.07 Å². The van der Waals surface area contributed by atoms with Crippen molar-refractivity contribution in [3.8, 4) is 5.75 Å². The zero-order chi connectivity index (χ0) is 12.0. The predicted octanol–water partition coefficient (Wildman–Crippen LogP) is 1.44. The zero-order valence-electron chi connectivity index (χ0n) is 8.74. The summed E-state index contributed by atoms with van der Waals surface area (Å²) < 4.78 is 5.12. The molecule has 0 saturated heterocycles. The molecule has 0 fully saturated rings. The third-order valence-electron chi connectivity index (χ3n) is 1.84. The average molecular weight is 242 g/mol. The van der Waals surface area contributed by atoms with Crippen LogP contribution in [0.1, 0.15) is 11.1 Å². The maximum Gasteiger partial charge on any atom is 0.332 e. The van der Waals surface area contributed by atoms with Gasteiger partial charge in [-0.1, -0.05) is 0 Å². The normalized spacial score (nSPS) is 10.4. The number of alkyl halides is 1. The Labute approximate surface area is 98.2 Å². The van der Waals surface area contributed by atoms with Gasteiger partial charge in [-0.2, -0.15) is 5.10 Å². The number of carbonyl (C=O) groups is 1. The Kier molecular flexibility index (Phi) is 4.60. The Morgan fingerprint density at radius 1 is 1.69 bits per heavy atom. The Balaban J connectivity index is 2.82. The largest absolute Gasteiger partial charge is 0.496 e. The number of methoxy groups -OCH3 is 1. The summed E-state index contributed by atoms with van der Waals surface area (Å²) in [4.78, 5) is 10.4. The Morgan fingerprint density at radius 3 is 3.00 bits per heavy atom. The molecule has 0 atom stereocenters. The van der Waals surface area contributed by atoms with Crippen LogP contribution in [-0.4, -0.2) is 19.4 Å². The molecule has 0 bridgehead atoms. The summed E-state index contributed by atoms with van der Waals surface area (Å²) in [5, 5.41) is 3.64. The summed E-state index contributed by atoms with van der Waals surface area (Å²) in [6.07, 6.45) is 1.47. The fourth-order valence-corrected chi connectivity index (χ4v) is 1.36. The summed E-state index contributed by atoms with van der Waals surface area (Å²) in [6.45, 7) is 0. The first-order valence-corrected chi connectivity index (χ1v) is 5.02. The monoisotopic (exact) mass is 241 g/mol. The van der Waals surface area contributed by atoms with E-state index in [1.165, 1.54) is 6.21 Å². The molecule has 0 saturated carbocycles. The molecule has 16 heavy (non-hydrogen) atoms. The number of ether oxygens (including phenoxy) is 1. The fourth-order valence-electron chi connectivity index (χ4n) is 1.15. The van der Waals surface area contributed by atoms with Crippen LogP contribution in [0.15, 0.2) is 23.3 Å². The van der Waals surface area contributed by atoms with Gasteiger partial charge in [0.2, 0.25) is 0 Å². The highest BCUT2D eigenvalue weighted by atomic mass is 35.5. The first kappa shape index (κ1) is 12.3. The molecule has 3 N–H and O–H groups in total. The number of nitrogens with zero attached hydrogens (tertiary/aromatic N) is 1. The minimum atomic E-state index is -0.706. The van der Waals surface area contributed by atoms with Crippen molar-refractivity contribution in [2.45, 2.75) is 5.88 Å². The van der Waals surface area contributed by atoms with E-state index in [9.17, 15) is 4.79 Å². The average Bonchev–Trinajstić information content (AvgIpc) is 2.28. The third kappa shape index (κ3) is 3.43. The number of primary amides is 1. The van der Waals surface area contributed by atoms with Crippen LogP contribution in [0.2, 0.25) is 0 Å². The number of carbonyl (C=O) groups excluding carboxylic acids is 1. The number of nitrogens with two attached hydrogens (primary N) is 1. The van der Waals surface area contributed by atoms with Crippen molar-refractivity contribution in [2.24, 2.45) is 10.8 Å². The van der Waals surface area contributed by atoms with Crippen molar-refractivity contribution >= 4 is 23.8 Å². The van der Waals surface area contributed by atoms with Gasteiger partial charge in [-0.05, 0) is 23.8 Å². The topological polar surface area (TPSA) is 76.7 Å². The smallest absolute Gasteiger partial charge is 0.332 e. The molecule has 0 aromatic heterocycles. The highest BCUT2D eigenvalue weighted by Gasteiger charge is 2.01. The maximum atomic E-state index is 10.4. The number of halogens is 1. The van der Waals surface area contributed by atoms with Crippen molar-refractivity contribution in [2.75, 3.05) is 7.11 Å². The van der Waals surface area contributed by atoms with Crippen molar-refractivity contribution in [3.63, 3.8) is 0 Å². The summed E-state index contributed by atoms with van der Waals surface area (Å²) in [7, 11) is 1.58. The van der Waals surface area contributed by atoms with Gasteiger partial charge < -0.3 is 10.5 Å². The van der Waals surface area contributed by atoms with E-state index in [0.717, 1.165) is 16.9 Å². The lowest BCUT2D eigenvalue weighted by Gasteiger charge is -2.06. The van der Waals surface area contributed by atoms with E-state index in [2.05, 4.69) is 10.5 Å². The van der Waals surface area contributed by atoms with Crippen molar-refractivity contribution in [1.29, 1.82) is 0 Å². The summed E-state index contributed by atoms with van der Waals surface area (Å²) >= 11 is 5.75. The van der Waals surface area contributed by atoms with E-state index in [0.29, 0.717) is 5.88 Å². The quantitative estimate of drug-likeness (QED) is 0.475. The number of hydrogen-bond acceptors (Lipinski definition) is 3. The molecule has 0 aliphatic heterocycles. The standard InChI is InChI=1S/C10H12ClN3O2/c1-16-9-3-2-7(4-8(9)5-11)6-13-14-10(12)15/h2-4,6H,5H2,1H3,(H3,12,14,15). The second-order valence-electron chi connectivity index (χ2n) is 2.94. The summed E-state index contributed by atoms with van der Waals surface area (Å²) in [6, 6.07) is 4.69. The molecular weight excluding hydrogens is 230 g/mol. The highest BCUT2D eigenvalue weighted by molar-refractivity contribution is 6.17. The van der Waals surface area contributed by atoms with Gasteiger partial charge in [0.1, 0.15) is 5.75 Å². The Hall–Kier alpha value is -1.75. The molecule has 0 unspecified atom stereocenters. The summed E-state index contributed by atoms with van der Waals surface area (Å²) in [5.74, 6) is 1.06. The van der Waals surface area contributed by atoms with Crippen LogP contribution < -0.4 is 15.9 Å². The second-order valence-corrected chi connectivity index (χ2v) is 3.21. The van der Waals surface area contributed by atoms with Crippen LogP contribution >= 0.6 is 11.6 Å². The Morgan fingerprint density at radius 2 is 2.44 bits per heavy atom. The van der Waals surface area contributed by atoms with Crippen molar-refractivity contribution < 1.29 is 9.53 Å². The van der Waals surface area contributed by atoms with E-state index in [1.54, 1.807) is 19.2 Å². The van der Waals surface area contributed by atoms with Crippen LogP contribution in [0.25, 0.3) is 0 Å². The van der Waals surface area contributed by atoms with Crippen LogP contribution in [0.3, 0.4) is 0 Å². The van der Waals surface area contributed by atoms with E-state index < -0.39 is 6.03 Å². The van der Waals surface area contributed by atoms with Crippen molar-refractivity contribution in [3.05, 3.63) is 29.3 Å². The molecule has 0 spiro atoms. The number of hydrogen-bond donors (Lipinski definition) is 2. The molecule has 5 nitrogen and oxygen atoms in total. The summed E-state index contributed by atoms with van der Waals surface area (Å²) in [5.41, 5.74) is 8.61. The van der Waals surface area contributed by atoms with Gasteiger partial charge in [0.15, 0.2) is 0 Å². The number of urea groups is 1. The molecule has 6 heteroatoms. The molecule has 1 aromatic carbocycles. The molecule has 1 aromatic rings. The molecule has 0 heterocycles. The molecule has 0 radical (unpaired) electrons. The number of nitrogens with one attached hydrogen (secondary N) is 1. The van der Waals surface area contributed by atoms with Crippen LogP contribution in [0, 0.1) is 0 Å². The van der Waals surface area contributed by atoms with Gasteiger partial charge in [0.05, 0.1) is 19.2 Å². The number of amides is 2. The first-order chi connectivity index (χ1) is 7.67. The van der Waals surface area contributed by atoms with Gasteiger partial charge in [0, 0.05) is 5.56 Å². The SMILES string of the molecule is COc1ccc(C=NNC(N)=O)cc1CCl. The van der Waals surface area contributed by atoms with Gasteiger partial charge in [-0.25, -0.2) is 10.2 Å². The van der Waals surface area contributed by atoms with E-state index in [4.69, 9.17) is 22.1 Å². The van der Waals surface area contributed by atoms with Gasteiger partial charge >= 0.3 is 6.03 Å². The zero-order valence-corrected chi connectivity index (χ0v) is 9.49. The molecule has 2 amide bonds. The van der Waals surface area contributed by atoms with Gasteiger partial charge in [-0.15, -0.1) is 11.6 Å². The molecule has 1 rings (SSSR count). The lowest BCUT2D eigenvalue weighted by Crippen LogP contribution is -2.24. The number of hydrazone groups is 1. The predicted molar refractivity (Wildman–Crippen MR) is 62.9 cm³/mol. The third-order valence-corrected chi connectivity index (χ3v) is 2.12. The van der Waals surface area contributed by atoms with Crippen LogP contribution in [0.5, 0.6) is 5.75 Å². The minimum Gasteiger partial charge on any atom is -0.496 e. The van der Waals surface area contributed by atoms with E-state index >= 15 is 0 Å². The Bertz CT molecular complexity index is 407. The lowest BCUT2D eigenvalue weighted by atomic mass is 10.1. The molecule has 86 valence electrons. The van der Waals surface area contributed by atoms with Crippen LogP contribution in [-0.2, 0) is 5.88 Å². The highest BCUT2D eigenvalue weighted by Crippen LogP contribution is 2.20. The molecular formula is C10H12ClN3O2. The molecule has 0 aliphatic carbocycles. The molecule has 0 aliphatic rings. The first-order valence-electron chi connectivity index (χ1n) is 4.48. The minimum absolute atomic E-state index is 0.341. The fraction of sp³-hybridized carbons (Fsp3) is 0.200. The number of benzene rings is 1. The van der Waals surface area contributed by atoms with Gasteiger partial charge in [-0.3, -0.25) is 0 Å². The van der Waals surface area contributed by atoms with Crippen molar-refractivity contribution in [1.82, 2.24) is 5.43 Å². The maximum absolute atomic E-state index is 10.4. The lowest BCUT2D eigenvalue weighted by molar-refractivity contribution is 0.249.